The van der Waals surface area contributed by atoms with E-state index < -0.39 is 0 Å². The van der Waals surface area contributed by atoms with E-state index in [1.807, 2.05) is 13.8 Å². The van der Waals surface area contributed by atoms with Gasteiger partial charge in [-0.15, -0.1) is 11.8 Å². The van der Waals surface area contributed by atoms with E-state index in [0.717, 1.165) is 5.69 Å². The fourth-order valence-electron chi connectivity index (χ4n) is 7.90. The minimum absolute atomic E-state index is 1.16. The molecule has 0 amide bonds. The molecule has 0 aliphatic heterocycles. The SMILES string of the molecule is CC.CSc1ccc(-n2c3ccccc3c3c4ccc5c(c4ccc32)c2ccccc2n5-c2ccc(-c3cccc4ccccc34)cc2)cc1. The molecule has 0 spiro atoms. The van der Waals surface area contributed by atoms with Crippen LogP contribution in [-0.4, -0.2) is 15.4 Å². The number of rotatable bonds is 4. The Morgan fingerprint density at radius 3 is 1.42 bits per heavy atom. The van der Waals surface area contributed by atoms with E-state index in [2.05, 4.69) is 179 Å². The van der Waals surface area contributed by atoms with Gasteiger partial charge in [-0.25, -0.2) is 0 Å². The average Bonchev–Trinajstić information content (AvgIpc) is 3.72. The second kappa shape index (κ2) is 12.3. The molecule has 2 aromatic heterocycles. The summed E-state index contributed by atoms with van der Waals surface area (Å²) in [5.41, 5.74) is 9.73. The highest BCUT2D eigenvalue weighted by Crippen LogP contribution is 2.42. The zero-order chi connectivity index (χ0) is 33.8. The molecule has 0 saturated carbocycles. The van der Waals surface area contributed by atoms with Crippen LogP contribution in [0.2, 0.25) is 0 Å². The number of nitrogens with zero attached hydrogens (tertiary/aromatic N) is 2. The third-order valence-corrected chi connectivity index (χ3v) is 10.8. The van der Waals surface area contributed by atoms with Gasteiger partial charge in [0.05, 0.1) is 22.1 Å². The fourth-order valence-corrected chi connectivity index (χ4v) is 8.30. The number of hydrogen-bond acceptors (Lipinski definition) is 1. The number of aromatic nitrogens is 2. The molecular weight excluding hydrogens is 625 g/mol. The van der Waals surface area contributed by atoms with E-state index in [0.29, 0.717) is 0 Å². The third-order valence-electron chi connectivity index (χ3n) is 10.0. The van der Waals surface area contributed by atoms with Gasteiger partial charge in [0.1, 0.15) is 0 Å². The van der Waals surface area contributed by atoms with E-state index in [1.54, 1.807) is 11.8 Å². The van der Waals surface area contributed by atoms with Gasteiger partial charge in [0.15, 0.2) is 0 Å². The third kappa shape index (κ3) is 4.58. The second-order valence-corrected chi connectivity index (χ2v) is 13.4. The van der Waals surface area contributed by atoms with E-state index in [9.17, 15) is 0 Å². The lowest BCUT2D eigenvalue weighted by Gasteiger charge is -2.11. The first-order chi connectivity index (χ1) is 24.8. The maximum absolute atomic E-state index is 2.43. The van der Waals surface area contributed by atoms with Crippen LogP contribution in [0.3, 0.4) is 0 Å². The molecule has 0 fully saturated rings. The van der Waals surface area contributed by atoms with E-state index in [-0.39, 0.29) is 0 Å². The maximum atomic E-state index is 2.43. The molecule has 0 radical (unpaired) electrons. The Balaban J connectivity index is 0.00000165. The Kier molecular flexibility index (Phi) is 7.44. The molecular formula is C47H36N2S. The summed E-state index contributed by atoms with van der Waals surface area (Å²) in [6, 6.07) is 60.2. The zero-order valence-electron chi connectivity index (χ0n) is 28.4. The number of thioether (sulfide) groups is 1. The van der Waals surface area contributed by atoms with Gasteiger partial charge in [0.2, 0.25) is 0 Å². The maximum Gasteiger partial charge on any atom is 0.0547 e. The van der Waals surface area contributed by atoms with Crippen LogP contribution in [-0.2, 0) is 0 Å². The highest BCUT2D eigenvalue weighted by molar-refractivity contribution is 7.98. The smallest absolute Gasteiger partial charge is 0.0547 e. The lowest BCUT2D eigenvalue weighted by atomic mass is 9.98. The molecule has 0 aliphatic rings. The standard InChI is InChI=1S/C45H30N2S.C2H6/c1-48-33-23-21-32(22-24-33)47-41-16-7-5-13-39(41)45-37-25-27-42-44(36(37)26-28-43(45)47)38-12-4-6-15-40(38)46(42)31-19-17-30(18-20-31)35-14-8-10-29-9-2-3-11-34(29)35;1-2/h2-28H,1H3;1-2H3. The van der Waals surface area contributed by atoms with Crippen LogP contribution >= 0.6 is 11.8 Å². The van der Waals surface area contributed by atoms with Crippen molar-refractivity contribution in [3.05, 3.63) is 164 Å². The first kappa shape index (κ1) is 30.3. The Morgan fingerprint density at radius 1 is 0.380 bits per heavy atom. The van der Waals surface area contributed by atoms with Gasteiger partial charge in [-0.3, -0.25) is 0 Å². The van der Waals surface area contributed by atoms with Gasteiger partial charge in [-0.1, -0.05) is 117 Å². The van der Waals surface area contributed by atoms with Gasteiger partial charge >= 0.3 is 0 Å². The molecule has 3 heteroatoms. The highest BCUT2D eigenvalue weighted by atomic mass is 32.2. The van der Waals surface area contributed by atoms with Crippen molar-refractivity contribution in [1.29, 1.82) is 0 Å². The largest absolute Gasteiger partial charge is 0.309 e. The Bertz CT molecular complexity index is 2850. The Hall–Kier alpha value is -5.77. The topological polar surface area (TPSA) is 9.86 Å². The van der Waals surface area contributed by atoms with Crippen molar-refractivity contribution in [1.82, 2.24) is 9.13 Å². The van der Waals surface area contributed by atoms with E-state index in [4.69, 9.17) is 0 Å². The number of benzene rings is 8. The first-order valence-corrected chi connectivity index (χ1v) is 18.6. The van der Waals surface area contributed by atoms with Crippen molar-refractivity contribution >= 4 is 76.9 Å². The summed E-state index contributed by atoms with van der Waals surface area (Å²) < 4.78 is 4.84. The van der Waals surface area contributed by atoms with Crippen LogP contribution in [0.1, 0.15) is 13.8 Å². The molecule has 0 atom stereocenters. The lowest BCUT2D eigenvalue weighted by molar-refractivity contribution is 1.17. The molecule has 8 aromatic carbocycles. The van der Waals surface area contributed by atoms with Gasteiger partial charge < -0.3 is 9.13 Å². The molecule has 10 aromatic rings. The number of para-hydroxylation sites is 2. The van der Waals surface area contributed by atoms with Crippen LogP contribution in [0.4, 0.5) is 0 Å². The normalized spacial score (nSPS) is 11.6. The lowest BCUT2D eigenvalue weighted by Crippen LogP contribution is -1.94. The summed E-state index contributed by atoms with van der Waals surface area (Å²) in [5, 5.41) is 10.2. The Morgan fingerprint density at radius 2 is 0.860 bits per heavy atom. The van der Waals surface area contributed by atoms with Crippen LogP contribution in [0.25, 0.3) is 87.7 Å². The molecule has 2 nitrogen and oxygen atoms in total. The predicted octanol–water partition coefficient (Wildman–Crippen LogP) is 13.6. The summed E-state index contributed by atoms with van der Waals surface area (Å²) in [4.78, 5) is 1.27. The van der Waals surface area contributed by atoms with Gasteiger partial charge in [0, 0.05) is 37.8 Å². The van der Waals surface area contributed by atoms with Gasteiger partial charge in [-0.05, 0) is 99.6 Å². The van der Waals surface area contributed by atoms with Crippen LogP contribution in [0.15, 0.2) is 169 Å². The van der Waals surface area contributed by atoms with Crippen LogP contribution in [0.5, 0.6) is 0 Å². The summed E-state index contributed by atoms with van der Waals surface area (Å²) >= 11 is 1.77. The van der Waals surface area contributed by atoms with Gasteiger partial charge in [0.25, 0.3) is 0 Å². The first-order valence-electron chi connectivity index (χ1n) is 17.4. The average molecular weight is 661 g/mol. The van der Waals surface area contributed by atoms with Crippen molar-refractivity contribution in [2.75, 3.05) is 6.26 Å². The summed E-state index contributed by atoms with van der Waals surface area (Å²) in [6.45, 7) is 4.00. The summed E-state index contributed by atoms with van der Waals surface area (Å²) in [7, 11) is 0. The molecule has 0 N–H and O–H groups in total. The molecule has 0 unspecified atom stereocenters. The van der Waals surface area contributed by atoms with E-state index >= 15 is 0 Å². The molecule has 0 saturated heterocycles. The predicted molar refractivity (Wildman–Crippen MR) is 219 cm³/mol. The zero-order valence-corrected chi connectivity index (χ0v) is 29.2. The summed E-state index contributed by atoms with van der Waals surface area (Å²) in [5.74, 6) is 0. The number of fused-ring (bicyclic) bond motifs is 10. The molecule has 0 bridgehead atoms. The number of hydrogen-bond donors (Lipinski definition) is 0. The highest BCUT2D eigenvalue weighted by Gasteiger charge is 2.19. The Labute approximate surface area is 296 Å². The molecule has 10 rings (SSSR count). The van der Waals surface area contributed by atoms with Gasteiger partial charge in [-0.2, -0.15) is 0 Å². The van der Waals surface area contributed by atoms with E-state index in [1.165, 1.54) is 86.9 Å². The quantitative estimate of drug-likeness (QED) is 0.171. The van der Waals surface area contributed by atoms with Crippen LogP contribution < -0.4 is 0 Å². The van der Waals surface area contributed by atoms with Crippen LogP contribution in [0, 0.1) is 0 Å². The second-order valence-electron chi connectivity index (χ2n) is 12.5. The summed E-state index contributed by atoms with van der Waals surface area (Å²) in [6.07, 6.45) is 2.13. The minimum atomic E-state index is 1.16. The van der Waals surface area contributed by atoms with Crippen molar-refractivity contribution in [3.8, 4) is 22.5 Å². The van der Waals surface area contributed by atoms with Crippen molar-refractivity contribution in [2.45, 2.75) is 18.7 Å². The molecule has 0 aliphatic carbocycles. The minimum Gasteiger partial charge on any atom is -0.309 e. The van der Waals surface area contributed by atoms with Crippen molar-refractivity contribution in [2.24, 2.45) is 0 Å². The molecule has 240 valence electrons. The molecule has 50 heavy (non-hydrogen) atoms. The monoisotopic (exact) mass is 660 g/mol. The fraction of sp³-hybridized carbons (Fsp3) is 0.0638. The van der Waals surface area contributed by atoms with Crippen molar-refractivity contribution in [3.63, 3.8) is 0 Å². The van der Waals surface area contributed by atoms with Crippen molar-refractivity contribution < 1.29 is 0 Å². The molecule has 2 heterocycles.